The Morgan fingerprint density at radius 3 is 2.25 bits per heavy atom. The monoisotopic (exact) mass is 623 g/mol. The van der Waals surface area contributed by atoms with Crippen molar-refractivity contribution in [1.29, 1.82) is 0 Å². The number of nitrogens with one attached hydrogen (secondary N) is 1. The molecule has 1 fully saturated rings. The fourth-order valence-electron chi connectivity index (χ4n) is 5.54. The van der Waals surface area contributed by atoms with Gasteiger partial charge in [-0.15, -0.1) is 0 Å². The standard InChI is InChI=1S/C34H42FN3O5S/c1-4-30(34(40)36-28-11-7-6-8-12-28)37(23-26-17-19-27(35)20-18-26)33(39)24-38(31-13-9-10-14-32(31)43-5-2)44(41,42)29-21-15-25(3)16-22-29/h9-10,13-22,28,30H,4-8,11-12,23-24H2,1-3H3,(H,36,40)/t30-/m0/s1. The lowest BCUT2D eigenvalue weighted by Crippen LogP contribution is -2.54. The van der Waals surface area contributed by atoms with Gasteiger partial charge in [-0.1, -0.05) is 68.1 Å². The predicted octanol–water partition coefficient (Wildman–Crippen LogP) is 5.98. The van der Waals surface area contributed by atoms with Crippen LogP contribution in [0.25, 0.3) is 0 Å². The van der Waals surface area contributed by atoms with E-state index in [1.165, 1.54) is 29.2 Å². The number of ether oxygens (including phenoxy) is 1. The summed E-state index contributed by atoms with van der Waals surface area (Å²) in [6, 6.07) is 18.0. The predicted molar refractivity (Wildman–Crippen MR) is 169 cm³/mol. The van der Waals surface area contributed by atoms with Gasteiger partial charge in [0.1, 0.15) is 24.2 Å². The van der Waals surface area contributed by atoms with Crippen molar-refractivity contribution in [1.82, 2.24) is 10.2 Å². The lowest BCUT2D eigenvalue weighted by atomic mass is 9.95. The Bertz CT molecular complexity index is 1510. The Morgan fingerprint density at radius 1 is 0.955 bits per heavy atom. The highest BCUT2D eigenvalue weighted by Crippen LogP contribution is 2.33. The molecule has 0 saturated heterocycles. The maximum absolute atomic E-state index is 14.3. The van der Waals surface area contributed by atoms with E-state index in [0.29, 0.717) is 24.3 Å². The number of aryl methyl sites for hydroxylation is 1. The Hall–Kier alpha value is -3.92. The molecule has 1 aliphatic carbocycles. The summed E-state index contributed by atoms with van der Waals surface area (Å²) in [5.74, 6) is -0.957. The number of hydrogen-bond acceptors (Lipinski definition) is 5. The van der Waals surface area contributed by atoms with E-state index in [4.69, 9.17) is 4.74 Å². The van der Waals surface area contributed by atoms with E-state index in [9.17, 15) is 22.4 Å². The summed E-state index contributed by atoms with van der Waals surface area (Å²) < 4.78 is 48.9. The zero-order valence-electron chi connectivity index (χ0n) is 25.7. The average Bonchev–Trinajstić information content (AvgIpc) is 3.02. The van der Waals surface area contributed by atoms with E-state index < -0.39 is 34.3 Å². The molecule has 0 aromatic heterocycles. The van der Waals surface area contributed by atoms with Crippen LogP contribution in [0.3, 0.4) is 0 Å². The molecule has 4 rings (SSSR count). The summed E-state index contributed by atoms with van der Waals surface area (Å²) in [5.41, 5.74) is 1.72. The van der Waals surface area contributed by atoms with Gasteiger partial charge in [0.05, 0.1) is 17.2 Å². The number of anilines is 1. The Labute approximate surface area is 260 Å². The van der Waals surface area contributed by atoms with Crippen LogP contribution < -0.4 is 14.4 Å². The number of nitrogens with zero attached hydrogens (tertiary/aromatic N) is 2. The van der Waals surface area contributed by atoms with Crippen LogP contribution in [-0.4, -0.2) is 50.4 Å². The Morgan fingerprint density at radius 2 is 1.61 bits per heavy atom. The average molecular weight is 624 g/mol. The lowest BCUT2D eigenvalue weighted by molar-refractivity contribution is -0.140. The van der Waals surface area contributed by atoms with Gasteiger partial charge in [-0.25, -0.2) is 12.8 Å². The summed E-state index contributed by atoms with van der Waals surface area (Å²) in [6.07, 6.45) is 5.27. The van der Waals surface area contributed by atoms with Crippen LogP contribution in [-0.2, 0) is 26.2 Å². The van der Waals surface area contributed by atoms with Gasteiger partial charge in [0.15, 0.2) is 0 Å². The maximum atomic E-state index is 14.3. The van der Waals surface area contributed by atoms with Crippen LogP contribution in [0.4, 0.5) is 10.1 Å². The zero-order chi connectivity index (χ0) is 31.7. The number of para-hydroxylation sites is 2. The topological polar surface area (TPSA) is 96.0 Å². The molecule has 0 spiro atoms. The van der Waals surface area contributed by atoms with Crippen molar-refractivity contribution in [2.75, 3.05) is 17.5 Å². The van der Waals surface area contributed by atoms with Crippen molar-refractivity contribution in [3.05, 3.63) is 89.7 Å². The fraction of sp³-hybridized carbons (Fsp3) is 0.412. The summed E-state index contributed by atoms with van der Waals surface area (Å²) in [7, 11) is -4.24. The van der Waals surface area contributed by atoms with Gasteiger partial charge in [-0.2, -0.15) is 0 Å². The minimum absolute atomic E-state index is 0.00122. The quantitative estimate of drug-likeness (QED) is 0.253. The molecule has 3 aromatic carbocycles. The van der Waals surface area contributed by atoms with Gasteiger partial charge in [-0.3, -0.25) is 13.9 Å². The number of benzene rings is 3. The minimum Gasteiger partial charge on any atom is -0.492 e. The molecule has 0 radical (unpaired) electrons. The van der Waals surface area contributed by atoms with E-state index in [2.05, 4.69) is 5.32 Å². The first-order valence-corrected chi connectivity index (χ1v) is 16.7. The first kappa shape index (κ1) is 33.0. The largest absolute Gasteiger partial charge is 0.492 e. The van der Waals surface area contributed by atoms with Crippen LogP contribution in [0, 0.1) is 12.7 Å². The van der Waals surface area contributed by atoms with Crippen molar-refractivity contribution in [2.45, 2.75) is 82.8 Å². The SMILES string of the molecule is CCOc1ccccc1N(CC(=O)N(Cc1ccc(F)cc1)[C@@H](CC)C(=O)NC1CCCCC1)S(=O)(=O)c1ccc(C)cc1. The van der Waals surface area contributed by atoms with Crippen LogP contribution in [0.2, 0.25) is 0 Å². The van der Waals surface area contributed by atoms with Crippen molar-refractivity contribution in [3.8, 4) is 5.75 Å². The van der Waals surface area contributed by atoms with Gasteiger partial charge in [0.2, 0.25) is 11.8 Å². The third-order valence-electron chi connectivity index (χ3n) is 7.93. The normalized spacial score (nSPS) is 14.5. The van der Waals surface area contributed by atoms with Crippen LogP contribution >= 0.6 is 0 Å². The lowest BCUT2D eigenvalue weighted by Gasteiger charge is -2.34. The molecule has 1 atom stereocenters. The second-order valence-electron chi connectivity index (χ2n) is 11.1. The molecule has 0 aliphatic heterocycles. The van der Waals surface area contributed by atoms with Crippen LogP contribution in [0.1, 0.15) is 63.5 Å². The van der Waals surface area contributed by atoms with Crippen molar-refractivity contribution in [3.63, 3.8) is 0 Å². The number of carbonyl (C=O) groups is 2. The minimum atomic E-state index is -4.24. The highest BCUT2D eigenvalue weighted by atomic mass is 32.2. The number of amides is 2. The van der Waals surface area contributed by atoms with E-state index in [1.54, 1.807) is 55.5 Å². The molecule has 1 aliphatic rings. The number of carbonyl (C=O) groups excluding carboxylic acids is 2. The smallest absolute Gasteiger partial charge is 0.264 e. The highest BCUT2D eigenvalue weighted by Gasteiger charge is 2.35. The molecule has 3 aromatic rings. The summed E-state index contributed by atoms with van der Waals surface area (Å²) >= 11 is 0. The number of halogens is 1. The van der Waals surface area contributed by atoms with Crippen LogP contribution in [0.5, 0.6) is 5.75 Å². The summed E-state index contributed by atoms with van der Waals surface area (Å²) in [5, 5.41) is 3.13. The summed E-state index contributed by atoms with van der Waals surface area (Å²) in [4.78, 5) is 29.4. The molecular formula is C34H42FN3O5S. The van der Waals surface area contributed by atoms with E-state index in [0.717, 1.165) is 42.0 Å². The molecule has 10 heteroatoms. The number of sulfonamides is 1. The highest BCUT2D eigenvalue weighted by molar-refractivity contribution is 7.92. The molecule has 0 heterocycles. The fourth-order valence-corrected chi connectivity index (χ4v) is 6.97. The van der Waals surface area contributed by atoms with E-state index in [-0.39, 0.29) is 29.1 Å². The van der Waals surface area contributed by atoms with Crippen LogP contribution in [0.15, 0.2) is 77.7 Å². The van der Waals surface area contributed by atoms with E-state index in [1.807, 2.05) is 13.8 Å². The first-order valence-electron chi connectivity index (χ1n) is 15.3. The van der Waals surface area contributed by atoms with Crippen molar-refractivity contribution in [2.24, 2.45) is 0 Å². The third-order valence-corrected chi connectivity index (χ3v) is 9.70. The van der Waals surface area contributed by atoms with Gasteiger partial charge < -0.3 is 15.0 Å². The second-order valence-corrected chi connectivity index (χ2v) is 13.0. The summed E-state index contributed by atoms with van der Waals surface area (Å²) in [6.45, 7) is 5.19. The van der Waals surface area contributed by atoms with Crippen molar-refractivity contribution < 1.29 is 27.1 Å². The Kier molecular flexibility index (Phi) is 11.4. The molecule has 236 valence electrons. The van der Waals surface area contributed by atoms with E-state index >= 15 is 0 Å². The molecule has 1 N–H and O–H groups in total. The second kappa shape index (κ2) is 15.2. The molecular weight excluding hydrogens is 581 g/mol. The molecule has 0 bridgehead atoms. The molecule has 0 unspecified atom stereocenters. The van der Waals surface area contributed by atoms with Gasteiger partial charge in [0, 0.05) is 12.6 Å². The van der Waals surface area contributed by atoms with Crippen molar-refractivity contribution >= 4 is 27.5 Å². The molecule has 1 saturated carbocycles. The third kappa shape index (κ3) is 8.16. The number of rotatable bonds is 13. The molecule has 2 amide bonds. The maximum Gasteiger partial charge on any atom is 0.264 e. The van der Waals surface area contributed by atoms with Gasteiger partial charge >= 0.3 is 0 Å². The number of hydrogen-bond donors (Lipinski definition) is 1. The first-order chi connectivity index (χ1) is 21.1. The van der Waals surface area contributed by atoms with Gasteiger partial charge in [-0.05, 0) is 75.1 Å². The zero-order valence-corrected chi connectivity index (χ0v) is 26.5. The molecule has 8 nitrogen and oxygen atoms in total. The molecule has 44 heavy (non-hydrogen) atoms. The Balaban J connectivity index is 1.74. The van der Waals surface area contributed by atoms with Gasteiger partial charge in [0.25, 0.3) is 10.0 Å².